The van der Waals surface area contributed by atoms with Gasteiger partial charge in [0, 0.05) is 12.6 Å². The van der Waals surface area contributed by atoms with Crippen molar-refractivity contribution >= 4 is 23.2 Å². The van der Waals surface area contributed by atoms with Crippen LogP contribution in [0.15, 0.2) is 0 Å². The van der Waals surface area contributed by atoms with E-state index in [1.54, 1.807) is 6.92 Å². The van der Waals surface area contributed by atoms with E-state index >= 15 is 0 Å². The number of nitrogens with one attached hydrogen (secondary N) is 3. The molecule has 0 rings (SSSR count). The summed E-state index contributed by atoms with van der Waals surface area (Å²) in [4.78, 5) is 11.4. The van der Waals surface area contributed by atoms with Crippen LogP contribution in [0.5, 0.6) is 0 Å². The van der Waals surface area contributed by atoms with Gasteiger partial charge >= 0.3 is 0 Å². The second kappa shape index (κ2) is 6.59. The van der Waals surface area contributed by atoms with Gasteiger partial charge in [0.25, 0.3) is 0 Å². The summed E-state index contributed by atoms with van der Waals surface area (Å²) in [5.41, 5.74) is 0. The largest absolute Gasteiger partial charge is 0.363 e. The van der Waals surface area contributed by atoms with Gasteiger partial charge in [-0.3, -0.25) is 4.79 Å². The highest BCUT2D eigenvalue weighted by Crippen LogP contribution is 1.85. The second-order valence-electron chi connectivity index (χ2n) is 3.39. The summed E-state index contributed by atoms with van der Waals surface area (Å²) in [5, 5.41) is 9.13. The van der Waals surface area contributed by atoms with E-state index in [0.717, 1.165) is 6.54 Å². The van der Waals surface area contributed by atoms with Crippen LogP contribution in [0.3, 0.4) is 0 Å². The first-order valence-electron chi connectivity index (χ1n) is 4.82. The van der Waals surface area contributed by atoms with Crippen LogP contribution in [0, 0.1) is 0 Å². The zero-order valence-electron chi connectivity index (χ0n) is 9.18. The number of hydrogen-bond donors (Lipinski definition) is 3. The molecule has 0 saturated carbocycles. The lowest BCUT2D eigenvalue weighted by atomic mass is 10.3. The fourth-order valence-electron chi connectivity index (χ4n) is 0.883. The molecule has 0 spiro atoms. The van der Waals surface area contributed by atoms with Crippen LogP contribution in [-0.4, -0.2) is 29.6 Å². The monoisotopic (exact) mass is 217 g/mol. The first kappa shape index (κ1) is 13.2. The summed E-state index contributed by atoms with van der Waals surface area (Å²) in [6, 6.07) is -0.150. The van der Waals surface area contributed by atoms with Gasteiger partial charge in [-0.1, -0.05) is 0 Å². The Hall–Kier alpha value is -0.840. The molecule has 0 saturated heterocycles. The fourth-order valence-corrected chi connectivity index (χ4v) is 1.20. The molecule has 0 aromatic rings. The van der Waals surface area contributed by atoms with Crippen LogP contribution in [0.25, 0.3) is 0 Å². The van der Waals surface area contributed by atoms with Gasteiger partial charge < -0.3 is 16.0 Å². The number of hydrogen-bond acceptors (Lipinski definition) is 2. The molecule has 0 fully saturated rings. The lowest BCUT2D eigenvalue weighted by molar-refractivity contribution is -0.122. The van der Waals surface area contributed by atoms with Crippen LogP contribution in [0.2, 0.25) is 0 Å². The van der Waals surface area contributed by atoms with Crippen molar-refractivity contribution in [2.45, 2.75) is 39.8 Å². The molecule has 0 heterocycles. The molecule has 0 aliphatic heterocycles. The summed E-state index contributed by atoms with van der Waals surface area (Å²) >= 11 is 4.96. The van der Waals surface area contributed by atoms with Gasteiger partial charge in [0.05, 0.1) is 0 Å². The Kier molecular flexibility index (Phi) is 6.19. The minimum atomic E-state index is -0.302. The van der Waals surface area contributed by atoms with E-state index in [1.165, 1.54) is 0 Å². The summed E-state index contributed by atoms with van der Waals surface area (Å²) in [6.07, 6.45) is 0. The van der Waals surface area contributed by atoms with Gasteiger partial charge in [0.1, 0.15) is 6.04 Å². The van der Waals surface area contributed by atoms with E-state index in [4.69, 9.17) is 12.2 Å². The third-order valence-corrected chi connectivity index (χ3v) is 1.77. The molecule has 0 aromatic heterocycles. The number of carbonyl (C=O) groups is 1. The van der Waals surface area contributed by atoms with Crippen molar-refractivity contribution in [3.63, 3.8) is 0 Å². The van der Waals surface area contributed by atoms with Crippen LogP contribution >= 0.6 is 12.2 Å². The van der Waals surface area contributed by atoms with Gasteiger partial charge in [0.15, 0.2) is 5.11 Å². The standard InChI is InChI=1S/C9H19N3OS/c1-5-10-9(14)12-7(4)8(13)11-6(2)3/h6-7H,5H2,1-4H3,(H,11,13)(H2,10,12,14). The molecule has 0 aromatic carbocycles. The number of amides is 1. The van der Waals surface area contributed by atoms with Crippen molar-refractivity contribution in [2.75, 3.05) is 6.54 Å². The molecule has 82 valence electrons. The van der Waals surface area contributed by atoms with Gasteiger partial charge in [-0.05, 0) is 39.9 Å². The van der Waals surface area contributed by atoms with E-state index < -0.39 is 0 Å². The Morgan fingerprint density at radius 1 is 1.29 bits per heavy atom. The number of thiocarbonyl (C=S) groups is 1. The van der Waals surface area contributed by atoms with Crippen molar-refractivity contribution < 1.29 is 4.79 Å². The van der Waals surface area contributed by atoms with Crippen molar-refractivity contribution in [1.29, 1.82) is 0 Å². The molecular formula is C9H19N3OS. The molecule has 5 heteroatoms. The topological polar surface area (TPSA) is 53.2 Å². The van der Waals surface area contributed by atoms with Crippen LogP contribution in [0.1, 0.15) is 27.7 Å². The van der Waals surface area contributed by atoms with E-state index in [2.05, 4.69) is 16.0 Å². The zero-order valence-corrected chi connectivity index (χ0v) is 9.99. The predicted octanol–water partition coefficient (Wildman–Crippen LogP) is 0.384. The quantitative estimate of drug-likeness (QED) is 0.596. The molecule has 0 radical (unpaired) electrons. The van der Waals surface area contributed by atoms with Crippen LogP contribution < -0.4 is 16.0 Å². The van der Waals surface area contributed by atoms with Crippen molar-refractivity contribution in [3.8, 4) is 0 Å². The minimum Gasteiger partial charge on any atom is -0.363 e. The fraction of sp³-hybridized carbons (Fsp3) is 0.778. The highest BCUT2D eigenvalue weighted by atomic mass is 32.1. The van der Waals surface area contributed by atoms with Crippen molar-refractivity contribution in [2.24, 2.45) is 0 Å². The zero-order chi connectivity index (χ0) is 11.1. The maximum absolute atomic E-state index is 11.4. The van der Waals surface area contributed by atoms with E-state index in [0.29, 0.717) is 5.11 Å². The summed E-state index contributed by atoms with van der Waals surface area (Å²) < 4.78 is 0. The predicted molar refractivity (Wildman–Crippen MR) is 62.2 cm³/mol. The Bertz CT molecular complexity index is 206. The van der Waals surface area contributed by atoms with E-state index in [1.807, 2.05) is 20.8 Å². The Morgan fingerprint density at radius 2 is 1.86 bits per heavy atom. The maximum atomic E-state index is 11.4. The number of rotatable bonds is 4. The SMILES string of the molecule is CCNC(=S)NC(C)C(=O)NC(C)C. The van der Waals surface area contributed by atoms with Crippen molar-refractivity contribution in [1.82, 2.24) is 16.0 Å². The molecular weight excluding hydrogens is 198 g/mol. The minimum absolute atomic E-state index is 0.0414. The molecule has 1 amide bonds. The average molecular weight is 217 g/mol. The summed E-state index contributed by atoms with van der Waals surface area (Å²) in [5.74, 6) is -0.0414. The smallest absolute Gasteiger partial charge is 0.242 e. The molecule has 14 heavy (non-hydrogen) atoms. The highest BCUT2D eigenvalue weighted by Gasteiger charge is 2.13. The molecule has 0 bridgehead atoms. The summed E-state index contributed by atoms with van der Waals surface area (Å²) in [7, 11) is 0. The van der Waals surface area contributed by atoms with Gasteiger partial charge in [-0.2, -0.15) is 0 Å². The average Bonchev–Trinajstić information content (AvgIpc) is 2.02. The van der Waals surface area contributed by atoms with E-state index in [-0.39, 0.29) is 18.0 Å². The van der Waals surface area contributed by atoms with Gasteiger partial charge in [-0.25, -0.2) is 0 Å². The van der Waals surface area contributed by atoms with Gasteiger partial charge in [0.2, 0.25) is 5.91 Å². The second-order valence-corrected chi connectivity index (χ2v) is 3.80. The molecule has 1 atom stereocenters. The third kappa shape index (κ3) is 5.75. The summed E-state index contributed by atoms with van der Waals surface area (Å²) in [6.45, 7) is 8.33. The molecule has 0 aliphatic rings. The Labute approximate surface area is 90.8 Å². The molecule has 4 nitrogen and oxygen atoms in total. The third-order valence-electron chi connectivity index (χ3n) is 1.51. The normalized spacial score (nSPS) is 12.1. The Balaban J connectivity index is 3.88. The van der Waals surface area contributed by atoms with E-state index in [9.17, 15) is 4.79 Å². The van der Waals surface area contributed by atoms with Crippen LogP contribution in [0.4, 0.5) is 0 Å². The molecule has 0 aliphatic carbocycles. The lowest BCUT2D eigenvalue weighted by Gasteiger charge is -2.17. The Morgan fingerprint density at radius 3 is 2.29 bits per heavy atom. The van der Waals surface area contributed by atoms with Crippen molar-refractivity contribution in [3.05, 3.63) is 0 Å². The highest BCUT2D eigenvalue weighted by molar-refractivity contribution is 7.80. The number of carbonyl (C=O) groups excluding carboxylic acids is 1. The van der Waals surface area contributed by atoms with Crippen LogP contribution in [-0.2, 0) is 4.79 Å². The first-order valence-corrected chi connectivity index (χ1v) is 5.23. The maximum Gasteiger partial charge on any atom is 0.242 e. The molecule has 3 N–H and O–H groups in total. The first-order chi connectivity index (χ1) is 6.47. The lowest BCUT2D eigenvalue weighted by Crippen LogP contribution is -2.49. The molecule has 1 unspecified atom stereocenters. The van der Waals surface area contributed by atoms with Gasteiger partial charge in [-0.15, -0.1) is 0 Å².